The number of nitrogens with zero attached hydrogens (tertiary/aromatic N) is 1. The SMILES string of the molecule is CCCCOCCNC(=O)c1cnccc1NCCC. The lowest BCUT2D eigenvalue weighted by Gasteiger charge is -2.11. The van der Waals surface area contributed by atoms with E-state index < -0.39 is 0 Å². The van der Waals surface area contributed by atoms with E-state index in [0.29, 0.717) is 18.7 Å². The average molecular weight is 279 g/mol. The molecule has 1 rings (SSSR count). The quantitative estimate of drug-likeness (QED) is 0.646. The highest BCUT2D eigenvalue weighted by atomic mass is 16.5. The van der Waals surface area contributed by atoms with Gasteiger partial charge >= 0.3 is 0 Å². The molecular weight excluding hydrogens is 254 g/mol. The number of anilines is 1. The van der Waals surface area contributed by atoms with Crippen LogP contribution < -0.4 is 10.6 Å². The maximum atomic E-state index is 12.1. The molecule has 1 aromatic rings. The molecule has 0 fully saturated rings. The zero-order valence-corrected chi connectivity index (χ0v) is 12.4. The van der Waals surface area contributed by atoms with E-state index >= 15 is 0 Å². The van der Waals surface area contributed by atoms with E-state index in [1.54, 1.807) is 12.4 Å². The Morgan fingerprint density at radius 2 is 2.10 bits per heavy atom. The molecule has 0 aliphatic heterocycles. The summed E-state index contributed by atoms with van der Waals surface area (Å²) in [4.78, 5) is 16.1. The van der Waals surface area contributed by atoms with Crippen LogP contribution in [0.5, 0.6) is 0 Å². The second kappa shape index (κ2) is 10.2. The lowest BCUT2D eigenvalue weighted by molar-refractivity contribution is 0.0913. The van der Waals surface area contributed by atoms with Crippen LogP contribution in [0.3, 0.4) is 0 Å². The molecule has 0 unspecified atom stereocenters. The Labute approximate surface area is 121 Å². The van der Waals surface area contributed by atoms with Gasteiger partial charge in [-0.05, 0) is 18.9 Å². The Kier molecular flexibility index (Phi) is 8.38. The van der Waals surface area contributed by atoms with Gasteiger partial charge < -0.3 is 15.4 Å². The van der Waals surface area contributed by atoms with Crippen molar-refractivity contribution in [1.29, 1.82) is 0 Å². The molecule has 0 radical (unpaired) electrons. The Bertz CT molecular complexity index is 396. The number of ether oxygens (including phenoxy) is 1. The zero-order chi connectivity index (χ0) is 14.6. The topological polar surface area (TPSA) is 63.2 Å². The number of hydrogen-bond donors (Lipinski definition) is 2. The van der Waals surface area contributed by atoms with Crippen LogP contribution in [0, 0.1) is 0 Å². The monoisotopic (exact) mass is 279 g/mol. The number of rotatable bonds is 10. The fourth-order valence-electron chi connectivity index (χ4n) is 1.67. The molecule has 5 heteroatoms. The Morgan fingerprint density at radius 1 is 1.25 bits per heavy atom. The normalized spacial score (nSPS) is 10.3. The summed E-state index contributed by atoms with van der Waals surface area (Å²) in [6, 6.07) is 1.82. The first-order valence-electron chi connectivity index (χ1n) is 7.33. The second-order valence-electron chi connectivity index (χ2n) is 4.57. The molecule has 0 aliphatic carbocycles. The molecule has 0 saturated heterocycles. The lowest BCUT2D eigenvalue weighted by atomic mass is 10.2. The van der Waals surface area contributed by atoms with Crippen molar-refractivity contribution < 1.29 is 9.53 Å². The molecule has 20 heavy (non-hydrogen) atoms. The Morgan fingerprint density at radius 3 is 2.85 bits per heavy atom. The Balaban J connectivity index is 2.38. The summed E-state index contributed by atoms with van der Waals surface area (Å²) in [5, 5.41) is 6.08. The van der Waals surface area contributed by atoms with E-state index in [1.807, 2.05) is 6.07 Å². The summed E-state index contributed by atoms with van der Waals surface area (Å²) in [6.45, 7) is 6.86. The number of carbonyl (C=O) groups is 1. The van der Waals surface area contributed by atoms with Crippen LogP contribution in [0.4, 0.5) is 5.69 Å². The van der Waals surface area contributed by atoms with Gasteiger partial charge in [0.2, 0.25) is 0 Å². The minimum Gasteiger partial charge on any atom is -0.384 e. The number of unbranched alkanes of at least 4 members (excludes halogenated alkanes) is 1. The number of hydrogen-bond acceptors (Lipinski definition) is 4. The third-order valence-corrected chi connectivity index (χ3v) is 2.81. The second-order valence-corrected chi connectivity index (χ2v) is 4.57. The van der Waals surface area contributed by atoms with Crippen molar-refractivity contribution in [2.45, 2.75) is 33.1 Å². The summed E-state index contributed by atoms with van der Waals surface area (Å²) in [5.41, 5.74) is 1.40. The molecule has 0 atom stereocenters. The molecule has 112 valence electrons. The van der Waals surface area contributed by atoms with Gasteiger partial charge in [-0.15, -0.1) is 0 Å². The number of pyridine rings is 1. The minimum atomic E-state index is -0.115. The summed E-state index contributed by atoms with van der Waals surface area (Å²) in [5.74, 6) is -0.115. The molecule has 1 aromatic heterocycles. The van der Waals surface area contributed by atoms with Crippen molar-refractivity contribution in [2.75, 3.05) is 31.6 Å². The van der Waals surface area contributed by atoms with Crippen LogP contribution in [0.15, 0.2) is 18.5 Å². The highest BCUT2D eigenvalue weighted by molar-refractivity contribution is 5.99. The van der Waals surface area contributed by atoms with E-state index in [1.165, 1.54) is 0 Å². The largest absolute Gasteiger partial charge is 0.384 e. The van der Waals surface area contributed by atoms with Crippen LogP contribution in [0.25, 0.3) is 0 Å². The summed E-state index contributed by atoms with van der Waals surface area (Å²) < 4.78 is 5.41. The van der Waals surface area contributed by atoms with Crippen molar-refractivity contribution in [2.24, 2.45) is 0 Å². The third-order valence-electron chi connectivity index (χ3n) is 2.81. The van der Waals surface area contributed by atoms with Crippen LogP contribution in [0.2, 0.25) is 0 Å². The van der Waals surface area contributed by atoms with Crippen LogP contribution in [-0.2, 0) is 4.74 Å². The van der Waals surface area contributed by atoms with Crippen LogP contribution in [0.1, 0.15) is 43.5 Å². The molecule has 5 nitrogen and oxygen atoms in total. The van der Waals surface area contributed by atoms with Crippen LogP contribution in [-0.4, -0.2) is 37.2 Å². The van der Waals surface area contributed by atoms with Crippen molar-refractivity contribution >= 4 is 11.6 Å². The average Bonchev–Trinajstić information content (AvgIpc) is 2.48. The molecule has 0 aliphatic rings. The van der Waals surface area contributed by atoms with Gasteiger partial charge in [0.05, 0.1) is 17.9 Å². The van der Waals surface area contributed by atoms with Gasteiger partial charge in [-0.25, -0.2) is 0 Å². The van der Waals surface area contributed by atoms with Gasteiger partial charge in [-0.3, -0.25) is 9.78 Å². The summed E-state index contributed by atoms with van der Waals surface area (Å²) >= 11 is 0. The first-order chi connectivity index (χ1) is 9.79. The van der Waals surface area contributed by atoms with E-state index in [4.69, 9.17) is 4.74 Å². The molecule has 0 saturated carbocycles. The van der Waals surface area contributed by atoms with Crippen molar-refractivity contribution in [3.05, 3.63) is 24.0 Å². The lowest BCUT2D eigenvalue weighted by Crippen LogP contribution is -2.28. The molecule has 0 spiro atoms. The van der Waals surface area contributed by atoms with Gasteiger partial charge in [-0.1, -0.05) is 20.3 Å². The fraction of sp³-hybridized carbons (Fsp3) is 0.600. The van der Waals surface area contributed by atoms with Crippen molar-refractivity contribution in [3.8, 4) is 0 Å². The molecule has 1 heterocycles. The smallest absolute Gasteiger partial charge is 0.255 e. The molecule has 0 aromatic carbocycles. The Hall–Kier alpha value is -1.62. The molecular formula is C15H25N3O2. The highest BCUT2D eigenvalue weighted by Crippen LogP contribution is 2.13. The van der Waals surface area contributed by atoms with Gasteiger partial charge in [0, 0.05) is 32.1 Å². The van der Waals surface area contributed by atoms with Gasteiger partial charge in [0.15, 0.2) is 0 Å². The number of amides is 1. The maximum absolute atomic E-state index is 12.1. The first kappa shape index (κ1) is 16.4. The molecule has 2 N–H and O–H groups in total. The van der Waals surface area contributed by atoms with Gasteiger partial charge in [-0.2, -0.15) is 0 Å². The van der Waals surface area contributed by atoms with Crippen molar-refractivity contribution in [1.82, 2.24) is 10.3 Å². The van der Waals surface area contributed by atoms with Gasteiger partial charge in [0.1, 0.15) is 0 Å². The van der Waals surface area contributed by atoms with E-state index in [0.717, 1.165) is 38.1 Å². The van der Waals surface area contributed by atoms with Crippen LogP contribution >= 0.6 is 0 Å². The zero-order valence-electron chi connectivity index (χ0n) is 12.4. The predicted molar refractivity (Wildman–Crippen MR) is 81.1 cm³/mol. The fourth-order valence-corrected chi connectivity index (χ4v) is 1.67. The van der Waals surface area contributed by atoms with E-state index in [9.17, 15) is 4.79 Å². The maximum Gasteiger partial charge on any atom is 0.255 e. The first-order valence-corrected chi connectivity index (χ1v) is 7.33. The molecule has 0 bridgehead atoms. The summed E-state index contributed by atoms with van der Waals surface area (Å²) in [6.07, 6.45) is 6.46. The standard InChI is InChI=1S/C15H25N3O2/c1-3-5-10-20-11-9-18-15(19)13-12-16-8-6-14(13)17-7-4-2/h6,8,12H,3-5,7,9-11H2,1-2H3,(H,16,17)(H,18,19). The van der Waals surface area contributed by atoms with E-state index in [-0.39, 0.29) is 5.91 Å². The predicted octanol–water partition coefficient (Wildman–Crippen LogP) is 2.45. The van der Waals surface area contributed by atoms with E-state index in [2.05, 4.69) is 29.5 Å². The molecule has 1 amide bonds. The van der Waals surface area contributed by atoms with Crippen molar-refractivity contribution in [3.63, 3.8) is 0 Å². The number of aromatic nitrogens is 1. The number of nitrogens with one attached hydrogen (secondary N) is 2. The third kappa shape index (κ3) is 6.02. The number of carbonyl (C=O) groups excluding carboxylic acids is 1. The van der Waals surface area contributed by atoms with Gasteiger partial charge in [0.25, 0.3) is 5.91 Å². The minimum absolute atomic E-state index is 0.115. The summed E-state index contributed by atoms with van der Waals surface area (Å²) in [7, 11) is 0. The highest BCUT2D eigenvalue weighted by Gasteiger charge is 2.10.